The Balaban J connectivity index is 1.83. The van der Waals surface area contributed by atoms with Gasteiger partial charge in [0.1, 0.15) is 17.9 Å². The highest BCUT2D eigenvalue weighted by Crippen LogP contribution is 2.37. The highest BCUT2D eigenvalue weighted by Gasteiger charge is 2.14. The predicted molar refractivity (Wildman–Crippen MR) is 114 cm³/mol. The minimum Gasteiger partial charge on any atom is -0.469 e. The molecule has 29 heavy (non-hydrogen) atoms. The second-order valence-electron chi connectivity index (χ2n) is 7.11. The van der Waals surface area contributed by atoms with E-state index in [9.17, 15) is 9.59 Å². The third kappa shape index (κ3) is 4.71. The number of ether oxygens (including phenoxy) is 2. The number of H-pyrrole nitrogens is 1. The first kappa shape index (κ1) is 20.7. The molecule has 6 nitrogen and oxygen atoms in total. The van der Waals surface area contributed by atoms with E-state index in [1.807, 2.05) is 31.3 Å². The zero-order chi connectivity index (χ0) is 21.1. The van der Waals surface area contributed by atoms with Crippen LogP contribution in [0.1, 0.15) is 37.3 Å². The van der Waals surface area contributed by atoms with E-state index in [2.05, 4.69) is 28.9 Å². The summed E-state index contributed by atoms with van der Waals surface area (Å²) in [5.41, 5.74) is 3.51. The number of nitrogens with one attached hydrogen (secondary N) is 2. The number of halogens is 1. The van der Waals surface area contributed by atoms with E-state index in [0.717, 1.165) is 16.5 Å². The summed E-state index contributed by atoms with van der Waals surface area (Å²) in [6.07, 6.45) is 1.66. The van der Waals surface area contributed by atoms with Gasteiger partial charge in [-0.2, -0.15) is 0 Å². The van der Waals surface area contributed by atoms with E-state index in [-0.39, 0.29) is 6.42 Å². The van der Waals surface area contributed by atoms with E-state index in [4.69, 9.17) is 16.3 Å². The van der Waals surface area contributed by atoms with Gasteiger partial charge in [0.2, 0.25) is 5.91 Å². The van der Waals surface area contributed by atoms with Crippen LogP contribution in [-0.2, 0) is 14.3 Å². The number of anilines is 1. The Morgan fingerprint density at radius 1 is 1.21 bits per heavy atom. The van der Waals surface area contributed by atoms with E-state index >= 15 is 0 Å². The molecule has 0 aliphatic heterocycles. The lowest BCUT2D eigenvalue weighted by molar-refractivity contribution is -0.142. The number of benzene rings is 2. The van der Waals surface area contributed by atoms with E-state index in [0.29, 0.717) is 28.1 Å². The van der Waals surface area contributed by atoms with Gasteiger partial charge < -0.3 is 19.8 Å². The minimum atomic E-state index is -0.605. The molecule has 3 aromatic rings. The van der Waals surface area contributed by atoms with Crippen LogP contribution >= 0.6 is 11.6 Å². The number of aromatic amines is 1. The molecule has 1 heterocycles. The Kier molecular flexibility index (Phi) is 6.13. The first-order chi connectivity index (χ1) is 13.8. The first-order valence-corrected chi connectivity index (χ1v) is 9.62. The maximum Gasteiger partial charge on any atom is 0.315 e. The van der Waals surface area contributed by atoms with Crippen molar-refractivity contribution >= 4 is 40.1 Å². The van der Waals surface area contributed by atoms with Gasteiger partial charge >= 0.3 is 5.97 Å². The van der Waals surface area contributed by atoms with Crippen LogP contribution in [0.25, 0.3) is 10.9 Å². The zero-order valence-electron chi connectivity index (χ0n) is 16.8. The van der Waals surface area contributed by atoms with Crippen molar-refractivity contribution in [1.29, 1.82) is 0 Å². The van der Waals surface area contributed by atoms with Gasteiger partial charge in [-0.05, 0) is 54.3 Å². The Hall–Kier alpha value is -2.99. The van der Waals surface area contributed by atoms with Crippen molar-refractivity contribution in [3.8, 4) is 11.5 Å². The van der Waals surface area contributed by atoms with Crippen LogP contribution in [0.15, 0.2) is 36.5 Å². The Morgan fingerprint density at radius 3 is 2.62 bits per heavy atom. The van der Waals surface area contributed by atoms with Crippen molar-refractivity contribution in [2.24, 2.45) is 0 Å². The van der Waals surface area contributed by atoms with Crippen molar-refractivity contribution in [3.63, 3.8) is 0 Å². The molecule has 2 aromatic carbocycles. The molecule has 2 N–H and O–H groups in total. The summed E-state index contributed by atoms with van der Waals surface area (Å²) in [4.78, 5) is 26.4. The topological polar surface area (TPSA) is 80.4 Å². The van der Waals surface area contributed by atoms with E-state index in [1.165, 1.54) is 12.7 Å². The SMILES string of the molecule is COC(=O)CC(=O)Nc1cc(C)c(Oc2ccc3[nH]cc(C(C)C)c3c2)c(Cl)c1. The molecule has 0 saturated carbocycles. The standard InChI is InChI=1S/C22H23ClN2O4/c1-12(2)17-11-24-19-6-5-15(9-16(17)19)29-22-13(3)7-14(8-18(22)23)25-20(26)10-21(27)28-4/h5-9,11-12,24H,10H2,1-4H3,(H,25,26). The molecule has 0 saturated heterocycles. The summed E-state index contributed by atoms with van der Waals surface area (Å²) in [5.74, 6) is 0.494. The molecular formula is C22H23ClN2O4. The second kappa shape index (κ2) is 8.57. The normalized spacial score (nSPS) is 11.0. The average Bonchev–Trinajstić information content (AvgIpc) is 3.08. The molecule has 1 amide bonds. The minimum absolute atomic E-state index is 0.358. The number of amides is 1. The maximum absolute atomic E-state index is 11.9. The summed E-state index contributed by atoms with van der Waals surface area (Å²) >= 11 is 6.41. The van der Waals surface area contributed by atoms with Gasteiger partial charge in [-0.15, -0.1) is 0 Å². The summed E-state index contributed by atoms with van der Waals surface area (Å²) in [6.45, 7) is 6.13. The van der Waals surface area contributed by atoms with Gasteiger partial charge in [-0.3, -0.25) is 9.59 Å². The third-order valence-corrected chi connectivity index (χ3v) is 4.85. The number of carbonyl (C=O) groups is 2. The highest BCUT2D eigenvalue weighted by molar-refractivity contribution is 6.32. The van der Waals surface area contributed by atoms with Crippen molar-refractivity contribution in [2.75, 3.05) is 12.4 Å². The van der Waals surface area contributed by atoms with Crippen molar-refractivity contribution < 1.29 is 19.1 Å². The molecule has 0 radical (unpaired) electrons. The molecule has 0 fully saturated rings. The number of aryl methyl sites for hydroxylation is 1. The molecule has 0 unspecified atom stereocenters. The van der Waals surface area contributed by atoms with Crippen LogP contribution in [0.5, 0.6) is 11.5 Å². The number of aromatic nitrogens is 1. The van der Waals surface area contributed by atoms with Crippen LogP contribution in [0.3, 0.4) is 0 Å². The number of esters is 1. The molecular weight excluding hydrogens is 392 g/mol. The van der Waals surface area contributed by atoms with Crippen LogP contribution in [0.4, 0.5) is 5.69 Å². The number of carbonyl (C=O) groups excluding carboxylic acids is 2. The Morgan fingerprint density at radius 2 is 1.97 bits per heavy atom. The summed E-state index contributed by atoms with van der Waals surface area (Å²) in [5, 5.41) is 4.10. The average molecular weight is 415 g/mol. The van der Waals surface area contributed by atoms with Crippen LogP contribution in [-0.4, -0.2) is 24.0 Å². The number of hydrogen-bond acceptors (Lipinski definition) is 4. The number of hydrogen-bond donors (Lipinski definition) is 2. The van der Waals surface area contributed by atoms with E-state index in [1.54, 1.807) is 12.1 Å². The highest BCUT2D eigenvalue weighted by atomic mass is 35.5. The molecule has 7 heteroatoms. The molecule has 1 aromatic heterocycles. The molecule has 0 aliphatic carbocycles. The monoisotopic (exact) mass is 414 g/mol. The van der Waals surface area contributed by atoms with Gasteiger partial charge in [0, 0.05) is 22.8 Å². The predicted octanol–water partition coefficient (Wildman–Crippen LogP) is 5.55. The fourth-order valence-electron chi connectivity index (χ4n) is 3.12. The second-order valence-corrected chi connectivity index (χ2v) is 7.52. The summed E-state index contributed by atoms with van der Waals surface area (Å²) in [6, 6.07) is 9.17. The number of rotatable bonds is 6. The molecule has 0 aliphatic rings. The van der Waals surface area contributed by atoms with Crippen LogP contribution in [0, 0.1) is 6.92 Å². The zero-order valence-corrected chi connectivity index (χ0v) is 17.5. The summed E-state index contributed by atoms with van der Waals surface area (Å²) in [7, 11) is 1.23. The smallest absolute Gasteiger partial charge is 0.315 e. The van der Waals surface area contributed by atoms with Crippen molar-refractivity contribution in [1.82, 2.24) is 4.98 Å². The molecule has 152 valence electrons. The lowest BCUT2D eigenvalue weighted by Gasteiger charge is -2.14. The molecule has 0 atom stereocenters. The number of methoxy groups -OCH3 is 1. The van der Waals surface area contributed by atoms with Gasteiger partial charge in [0.25, 0.3) is 0 Å². The van der Waals surface area contributed by atoms with Crippen LogP contribution < -0.4 is 10.1 Å². The Bertz CT molecular complexity index is 1050. The van der Waals surface area contributed by atoms with Gasteiger partial charge in [-0.1, -0.05) is 25.4 Å². The maximum atomic E-state index is 11.9. The number of fused-ring (bicyclic) bond motifs is 1. The fraction of sp³-hybridized carbons (Fsp3) is 0.273. The van der Waals surface area contributed by atoms with Crippen molar-refractivity contribution in [3.05, 3.63) is 52.7 Å². The quantitative estimate of drug-likeness (QED) is 0.409. The fourth-order valence-corrected chi connectivity index (χ4v) is 3.43. The summed E-state index contributed by atoms with van der Waals surface area (Å²) < 4.78 is 10.6. The largest absolute Gasteiger partial charge is 0.469 e. The van der Waals surface area contributed by atoms with Gasteiger partial charge in [0.15, 0.2) is 0 Å². The van der Waals surface area contributed by atoms with Crippen molar-refractivity contribution in [2.45, 2.75) is 33.1 Å². The lowest BCUT2D eigenvalue weighted by Crippen LogP contribution is -2.17. The Labute approximate surface area is 174 Å². The lowest BCUT2D eigenvalue weighted by atomic mass is 10.0. The van der Waals surface area contributed by atoms with E-state index < -0.39 is 11.9 Å². The molecule has 0 spiro atoms. The van der Waals surface area contributed by atoms with Gasteiger partial charge in [-0.25, -0.2) is 0 Å². The van der Waals surface area contributed by atoms with Crippen LogP contribution in [0.2, 0.25) is 5.02 Å². The van der Waals surface area contributed by atoms with Gasteiger partial charge in [0.05, 0.1) is 12.1 Å². The molecule has 0 bridgehead atoms. The first-order valence-electron chi connectivity index (χ1n) is 9.24. The third-order valence-electron chi connectivity index (χ3n) is 4.57. The molecule has 3 rings (SSSR count).